The standard InChI is InChI=1S/C27H34ClN5O2/c1-18(2)30-26(34)17-33-25-10-9-23(14-24(25)31-27(33)19-5-3-6-20(28)13-19)35-12-4-11-32-21-7-8-22(32)16-29-15-21/h3,5-6,9-10,13-14,18,21-22,29H,4,7-8,11-12,15-17H2,1-2H3,(H,30,34)/t21-,22+. The van der Waals surface area contributed by atoms with Gasteiger partial charge in [0.2, 0.25) is 5.91 Å². The summed E-state index contributed by atoms with van der Waals surface area (Å²) in [6.45, 7) is 8.08. The predicted molar refractivity (Wildman–Crippen MR) is 140 cm³/mol. The summed E-state index contributed by atoms with van der Waals surface area (Å²) in [5, 5.41) is 7.14. The van der Waals surface area contributed by atoms with Gasteiger partial charge in [0.1, 0.15) is 18.1 Å². The van der Waals surface area contributed by atoms with Crippen LogP contribution in [0.5, 0.6) is 5.75 Å². The van der Waals surface area contributed by atoms with Gasteiger partial charge in [0, 0.05) is 54.4 Å². The zero-order valence-electron chi connectivity index (χ0n) is 20.5. The molecule has 1 amide bonds. The van der Waals surface area contributed by atoms with E-state index in [1.807, 2.05) is 60.9 Å². The molecule has 2 aliphatic rings. The Morgan fingerprint density at radius 1 is 1.20 bits per heavy atom. The highest BCUT2D eigenvalue weighted by molar-refractivity contribution is 6.30. The Hall–Kier alpha value is -2.61. The molecule has 2 saturated heterocycles. The first kappa shape index (κ1) is 24.1. The quantitative estimate of drug-likeness (QED) is 0.437. The largest absolute Gasteiger partial charge is 0.493 e. The number of rotatable bonds is 9. The Labute approximate surface area is 211 Å². The second-order valence-electron chi connectivity index (χ2n) is 9.89. The molecule has 0 radical (unpaired) electrons. The van der Waals surface area contributed by atoms with Crippen LogP contribution in [-0.4, -0.2) is 64.7 Å². The number of hydrogen-bond donors (Lipinski definition) is 2. The molecule has 35 heavy (non-hydrogen) atoms. The number of imidazole rings is 1. The zero-order chi connectivity index (χ0) is 24.4. The van der Waals surface area contributed by atoms with Gasteiger partial charge in [-0.3, -0.25) is 9.69 Å². The molecule has 0 saturated carbocycles. The normalized spacial score (nSPS) is 20.0. The SMILES string of the molecule is CC(C)NC(=O)Cn1c(-c2cccc(Cl)c2)nc2cc(OCCCN3[C@@H]4CC[C@H]3CNC4)ccc21. The Morgan fingerprint density at radius 3 is 2.74 bits per heavy atom. The summed E-state index contributed by atoms with van der Waals surface area (Å²) in [7, 11) is 0. The van der Waals surface area contributed by atoms with Crippen molar-refractivity contribution in [3.8, 4) is 17.1 Å². The summed E-state index contributed by atoms with van der Waals surface area (Å²) < 4.78 is 8.06. The molecule has 2 aromatic carbocycles. The number of hydrogen-bond acceptors (Lipinski definition) is 5. The molecule has 2 aliphatic heterocycles. The average Bonchev–Trinajstić information content (AvgIpc) is 3.27. The fourth-order valence-corrected chi connectivity index (χ4v) is 5.58. The van der Waals surface area contributed by atoms with Gasteiger partial charge in [-0.15, -0.1) is 0 Å². The van der Waals surface area contributed by atoms with Crippen LogP contribution in [-0.2, 0) is 11.3 Å². The second-order valence-corrected chi connectivity index (χ2v) is 10.3. The highest BCUT2D eigenvalue weighted by Crippen LogP contribution is 2.30. The van der Waals surface area contributed by atoms with Crippen LogP contribution in [0.15, 0.2) is 42.5 Å². The van der Waals surface area contributed by atoms with Crippen molar-refractivity contribution in [2.24, 2.45) is 0 Å². The van der Waals surface area contributed by atoms with Crippen LogP contribution < -0.4 is 15.4 Å². The number of piperazine rings is 1. The molecule has 2 N–H and O–H groups in total. The Morgan fingerprint density at radius 2 is 2.00 bits per heavy atom. The molecule has 2 bridgehead atoms. The lowest BCUT2D eigenvalue weighted by Gasteiger charge is -2.35. The summed E-state index contributed by atoms with van der Waals surface area (Å²) in [5.41, 5.74) is 2.57. The summed E-state index contributed by atoms with van der Waals surface area (Å²) in [4.78, 5) is 20.2. The molecule has 2 fully saturated rings. The van der Waals surface area contributed by atoms with Gasteiger partial charge in [-0.1, -0.05) is 23.7 Å². The molecule has 8 heteroatoms. The van der Waals surface area contributed by atoms with Crippen LogP contribution in [0.4, 0.5) is 0 Å². The van der Waals surface area contributed by atoms with E-state index < -0.39 is 0 Å². The van der Waals surface area contributed by atoms with Crippen molar-refractivity contribution in [3.05, 3.63) is 47.5 Å². The number of fused-ring (bicyclic) bond motifs is 3. The molecule has 0 aliphatic carbocycles. The van der Waals surface area contributed by atoms with Gasteiger partial charge in [0.25, 0.3) is 0 Å². The van der Waals surface area contributed by atoms with E-state index in [0.717, 1.165) is 48.4 Å². The van der Waals surface area contributed by atoms with E-state index in [1.165, 1.54) is 12.8 Å². The minimum absolute atomic E-state index is 0.0511. The molecule has 3 heterocycles. The van der Waals surface area contributed by atoms with Gasteiger partial charge >= 0.3 is 0 Å². The van der Waals surface area contributed by atoms with Crippen LogP contribution in [0, 0.1) is 0 Å². The van der Waals surface area contributed by atoms with Crippen molar-refractivity contribution in [1.82, 2.24) is 25.1 Å². The first-order chi connectivity index (χ1) is 17.0. The number of nitrogens with one attached hydrogen (secondary N) is 2. The lowest BCUT2D eigenvalue weighted by molar-refractivity contribution is -0.122. The number of halogens is 1. The highest BCUT2D eigenvalue weighted by Gasteiger charge is 2.35. The van der Waals surface area contributed by atoms with Crippen molar-refractivity contribution in [2.45, 2.75) is 57.8 Å². The van der Waals surface area contributed by atoms with E-state index in [1.54, 1.807) is 0 Å². The fourth-order valence-electron chi connectivity index (χ4n) is 5.39. The Kier molecular flexibility index (Phi) is 7.27. The number of aromatic nitrogens is 2. The van der Waals surface area contributed by atoms with Crippen LogP contribution in [0.25, 0.3) is 22.4 Å². The maximum atomic E-state index is 12.6. The summed E-state index contributed by atoms with van der Waals surface area (Å²) in [6.07, 6.45) is 3.62. The molecular formula is C27H34ClN5O2. The number of carbonyl (C=O) groups is 1. The lowest BCUT2D eigenvalue weighted by Crippen LogP contribution is -2.52. The fraction of sp³-hybridized carbons (Fsp3) is 0.481. The maximum absolute atomic E-state index is 12.6. The molecular weight excluding hydrogens is 462 g/mol. The molecule has 186 valence electrons. The minimum Gasteiger partial charge on any atom is -0.493 e. The van der Waals surface area contributed by atoms with E-state index in [9.17, 15) is 4.79 Å². The van der Waals surface area contributed by atoms with Crippen molar-refractivity contribution in [3.63, 3.8) is 0 Å². The van der Waals surface area contributed by atoms with Gasteiger partial charge in [0.15, 0.2) is 0 Å². The topological polar surface area (TPSA) is 71.4 Å². The van der Waals surface area contributed by atoms with Gasteiger partial charge in [-0.05, 0) is 57.4 Å². The van der Waals surface area contributed by atoms with Crippen LogP contribution in [0.1, 0.15) is 33.1 Å². The van der Waals surface area contributed by atoms with Gasteiger partial charge in [0.05, 0.1) is 17.6 Å². The van der Waals surface area contributed by atoms with Crippen LogP contribution >= 0.6 is 11.6 Å². The third-order valence-corrected chi connectivity index (χ3v) is 7.15. The number of nitrogens with zero attached hydrogens (tertiary/aromatic N) is 3. The van der Waals surface area contributed by atoms with Crippen LogP contribution in [0.3, 0.4) is 0 Å². The number of benzene rings is 2. The predicted octanol–water partition coefficient (Wildman–Crippen LogP) is 4.09. The smallest absolute Gasteiger partial charge is 0.240 e. The molecule has 2 atom stereocenters. The molecule has 0 spiro atoms. The maximum Gasteiger partial charge on any atom is 0.240 e. The van der Waals surface area contributed by atoms with Gasteiger partial charge < -0.3 is 19.9 Å². The minimum atomic E-state index is -0.0511. The zero-order valence-corrected chi connectivity index (χ0v) is 21.2. The first-order valence-corrected chi connectivity index (χ1v) is 13.0. The molecule has 3 aromatic rings. The molecule has 7 nitrogen and oxygen atoms in total. The first-order valence-electron chi connectivity index (χ1n) is 12.6. The second kappa shape index (κ2) is 10.6. The van der Waals surface area contributed by atoms with Crippen LogP contribution in [0.2, 0.25) is 5.02 Å². The van der Waals surface area contributed by atoms with Crippen molar-refractivity contribution in [1.29, 1.82) is 0 Å². The van der Waals surface area contributed by atoms with Crippen molar-refractivity contribution >= 4 is 28.5 Å². The molecule has 5 rings (SSSR count). The monoisotopic (exact) mass is 495 g/mol. The van der Waals surface area contributed by atoms with Gasteiger partial charge in [-0.25, -0.2) is 4.98 Å². The Balaban J connectivity index is 1.31. The van der Waals surface area contributed by atoms with E-state index in [4.69, 9.17) is 21.3 Å². The average molecular weight is 496 g/mol. The summed E-state index contributed by atoms with van der Waals surface area (Å²) in [5.74, 6) is 1.47. The highest BCUT2D eigenvalue weighted by atomic mass is 35.5. The number of carbonyl (C=O) groups excluding carboxylic acids is 1. The summed E-state index contributed by atoms with van der Waals surface area (Å²) in [6, 6.07) is 14.9. The Bertz CT molecular complexity index is 1180. The van der Waals surface area contributed by atoms with E-state index in [0.29, 0.717) is 29.5 Å². The van der Waals surface area contributed by atoms with E-state index >= 15 is 0 Å². The van der Waals surface area contributed by atoms with Gasteiger partial charge in [-0.2, -0.15) is 0 Å². The molecule has 1 aromatic heterocycles. The van der Waals surface area contributed by atoms with E-state index in [-0.39, 0.29) is 18.5 Å². The third-order valence-electron chi connectivity index (χ3n) is 6.91. The summed E-state index contributed by atoms with van der Waals surface area (Å²) >= 11 is 6.25. The van der Waals surface area contributed by atoms with E-state index in [2.05, 4.69) is 15.5 Å². The van der Waals surface area contributed by atoms with Crippen molar-refractivity contribution < 1.29 is 9.53 Å². The lowest BCUT2D eigenvalue weighted by atomic mass is 10.2. The molecule has 0 unspecified atom stereocenters. The number of amides is 1. The third kappa shape index (κ3) is 5.47. The van der Waals surface area contributed by atoms with Crippen molar-refractivity contribution in [2.75, 3.05) is 26.2 Å². The number of ether oxygens (including phenoxy) is 1.